The van der Waals surface area contributed by atoms with Crippen LogP contribution >= 0.6 is 0 Å². The first kappa shape index (κ1) is 21.5. The highest BCUT2D eigenvalue weighted by Gasteiger charge is 2.12. The van der Waals surface area contributed by atoms with Crippen molar-refractivity contribution in [2.45, 2.75) is 26.9 Å². The van der Waals surface area contributed by atoms with E-state index in [-0.39, 0.29) is 0 Å². The SMILES string of the molecule is COc1ccc(CN/N=C\c2c(C)n(Cc3ccc(C)cc3)c3ccccc23)cc1OC. The summed E-state index contributed by atoms with van der Waals surface area (Å²) in [5.74, 6) is 1.43. The number of nitrogens with one attached hydrogen (secondary N) is 1. The summed E-state index contributed by atoms with van der Waals surface area (Å²) in [6.07, 6.45) is 1.92. The molecule has 4 aromatic rings. The Morgan fingerprint density at radius 2 is 1.59 bits per heavy atom. The second-order valence-corrected chi connectivity index (χ2v) is 7.87. The van der Waals surface area contributed by atoms with Crippen LogP contribution in [0.15, 0.2) is 71.8 Å². The molecule has 32 heavy (non-hydrogen) atoms. The van der Waals surface area contributed by atoms with Crippen molar-refractivity contribution in [1.82, 2.24) is 9.99 Å². The number of aromatic nitrogens is 1. The molecule has 0 spiro atoms. The maximum Gasteiger partial charge on any atom is 0.161 e. The lowest BCUT2D eigenvalue weighted by atomic mass is 10.1. The van der Waals surface area contributed by atoms with E-state index in [1.807, 2.05) is 24.4 Å². The third-order valence-corrected chi connectivity index (χ3v) is 5.76. The molecule has 5 nitrogen and oxygen atoms in total. The number of hydrazone groups is 1. The maximum atomic E-state index is 5.38. The van der Waals surface area contributed by atoms with Crippen molar-refractivity contribution in [3.8, 4) is 11.5 Å². The van der Waals surface area contributed by atoms with Gasteiger partial charge in [0.25, 0.3) is 0 Å². The highest BCUT2D eigenvalue weighted by atomic mass is 16.5. The molecule has 0 saturated heterocycles. The largest absolute Gasteiger partial charge is 0.493 e. The van der Waals surface area contributed by atoms with Gasteiger partial charge in [0.05, 0.1) is 27.0 Å². The van der Waals surface area contributed by atoms with Gasteiger partial charge < -0.3 is 19.5 Å². The fourth-order valence-corrected chi connectivity index (χ4v) is 3.94. The van der Waals surface area contributed by atoms with Gasteiger partial charge >= 0.3 is 0 Å². The Hall–Kier alpha value is -3.73. The van der Waals surface area contributed by atoms with Gasteiger partial charge in [0.15, 0.2) is 11.5 Å². The molecule has 1 heterocycles. The van der Waals surface area contributed by atoms with Gasteiger partial charge in [-0.1, -0.05) is 54.1 Å². The summed E-state index contributed by atoms with van der Waals surface area (Å²) < 4.78 is 13.0. The van der Waals surface area contributed by atoms with E-state index >= 15 is 0 Å². The average molecular weight is 428 g/mol. The van der Waals surface area contributed by atoms with Crippen molar-refractivity contribution < 1.29 is 9.47 Å². The lowest BCUT2D eigenvalue weighted by molar-refractivity contribution is 0.354. The van der Waals surface area contributed by atoms with Crippen LogP contribution in [0.3, 0.4) is 0 Å². The van der Waals surface area contributed by atoms with Gasteiger partial charge in [0.2, 0.25) is 0 Å². The first-order valence-electron chi connectivity index (χ1n) is 10.7. The minimum absolute atomic E-state index is 0.595. The van der Waals surface area contributed by atoms with Crippen LogP contribution in [-0.2, 0) is 13.1 Å². The molecule has 0 aliphatic heterocycles. The molecule has 0 amide bonds. The molecule has 1 N–H and O–H groups in total. The van der Waals surface area contributed by atoms with E-state index in [0.29, 0.717) is 12.3 Å². The Labute approximate surface area is 189 Å². The lowest BCUT2D eigenvalue weighted by Crippen LogP contribution is -2.06. The first-order chi connectivity index (χ1) is 15.6. The average Bonchev–Trinajstić information content (AvgIpc) is 3.08. The molecular formula is C27H29N3O2. The van der Waals surface area contributed by atoms with E-state index in [1.165, 1.54) is 27.7 Å². The molecule has 0 radical (unpaired) electrons. The molecule has 0 unspecified atom stereocenters. The quantitative estimate of drug-likeness (QED) is 0.301. The normalized spacial score (nSPS) is 11.2. The lowest BCUT2D eigenvalue weighted by Gasteiger charge is -2.09. The van der Waals surface area contributed by atoms with Gasteiger partial charge in [0, 0.05) is 28.7 Å². The van der Waals surface area contributed by atoms with Gasteiger partial charge in [-0.05, 0) is 43.2 Å². The third-order valence-electron chi connectivity index (χ3n) is 5.76. The van der Waals surface area contributed by atoms with Crippen molar-refractivity contribution >= 4 is 17.1 Å². The Morgan fingerprint density at radius 3 is 2.34 bits per heavy atom. The Balaban J connectivity index is 1.55. The van der Waals surface area contributed by atoms with Crippen LogP contribution < -0.4 is 14.9 Å². The third kappa shape index (κ3) is 4.47. The molecule has 0 bridgehead atoms. The van der Waals surface area contributed by atoms with Crippen LogP contribution in [0.1, 0.15) is 27.9 Å². The molecule has 0 aliphatic rings. The summed E-state index contributed by atoms with van der Waals surface area (Å²) in [4.78, 5) is 0. The Kier molecular flexibility index (Phi) is 6.45. The van der Waals surface area contributed by atoms with E-state index in [1.54, 1.807) is 14.2 Å². The minimum Gasteiger partial charge on any atom is -0.493 e. The molecular weight excluding hydrogens is 398 g/mol. The zero-order valence-corrected chi connectivity index (χ0v) is 19.1. The van der Waals surface area contributed by atoms with Crippen molar-refractivity contribution in [2.24, 2.45) is 5.10 Å². The van der Waals surface area contributed by atoms with Crippen LogP contribution in [0, 0.1) is 13.8 Å². The monoisotopic (exact) mass is 427 g/mol. The maximum absolute atomic E-state index is 5.38. The molecule has 3 aromatic carbocycles. The number of benzene rings is 3. The van der Waals surface area contributed by atoms with E-state index in [2.05, 4.69) is 77.5 Å². The molecule has 1 aromatic heterocycles. The summed E-state index contributed by atoms with van der Waals surface area (Å²) >= 11 is 0. The topological polar surface area (TPSA) is 47.8 Å². The molecule has 0 aliphatic carbocycles. The molecule has 164 valence electrons. The van der Waals surface area contributed by atoms with Gasteiger partial charge in [-0.25, -0.2) is 0 Å². The smallest absolute Gasteiger partial charge is 0.161 e. The molecule has 4 rings (SSSR count). The molecule has 5 heteroatoms. The Morgan fingerprint density at radius 1 is 0.875 bits per heavy atom. The summed E-state index contributed by atoms with van der Waals surface area (Å²) in [6.45, 7) is 5.70. The number of hydrogen-bond acceptors (Lipinski definition) is 4. The fourth-order valence-electron chi connectivity index (χ4n) is 3.94. The molecule has 0 saturated carbocycles. The van der Waals surface area contributed by atoms with Gasteiger partial charge in [0.1, 0.15) is 0 Å². The number of para-hydroxylation sites is 1. The number of ether oxygens (including phenoxy) is 2. The van der Waals surface area contributed by atoms with Crippen LogP contribution in [-0.4, -0.2) is 25.0 Å². The van der Waals surface area contributed by atoms with Crippen LogP contribution in [0.25, 0.3) is 10.9 Å². The van der Waals surface area contributed by atoms with Gasteiger partial charge in [-0.15, -0.1) is 0 Å². The van der Waals surface area contributed by atoms with Crippen LogP contribution in [0.2, 0.25) is 0 Å². The number of fused-ring (bicyclic) bond motifs is 1. The predicted octanol–water partition coefficient (Wildman–Crippen LogP) is 5.45. The van der Waals surface area contributed by atoms with Crippen molar-refractivity contribution in [2.75, 3.05) is 14.2 Å². The standard InChI is InChI=1S/C27H29N3O2/c1-19-9-11-21(12-10-19)18-30-20(2)24(23-7-5-6-8-25(23)30)17-29-28-16-22-13-14-26(31-3)27(15-22)32-4/h5-15,17,28H,16,18H2,1-4H3/b29-17-. The van der Waals surface area contributed by atoms with E-state index < -0.39 is 0 Å². The van der Waals surface area contributed by atoms with Gasteiger partial charge in [-0.2, -0.15) is 5.10 Å². The minimum atomic E-state index is 0.595. The zero-order valence-electron chi connectivity index (χ0n) is 19.1. The number of hydrogen-bond donors (Lipinski definition) is 1. The second-order valence-electron chi connectivity index (χ2n) is 7.87. The van der Waals surface area contributed by atoms with Crippen molar-refractivity contribution in [3.63, 3.8) is 0 Å². The fraction of sp³-hybridized carbons (Fsp3) is 0.222. The first-order valence-corrected chi connectivity index (χ1v) is 10.7. The number of rotatable bonds is 8. The van der Waals surface area contributed by atoms with Gasteiger partial charge in [-0.3, -0.25) is 0 Å². The van der Waals surface area contributed by atoms with Crippen LogP contribution in [0.5, 0.6) is 11.5 Å². The second kappa shape index (κ2) is 9.60. The summed E-state index contributed by atoms with van der Waals surface area (Å²) in [6, 6.07) is 23.1. The van der Waals surface area contributed by atoms with E-state index in [9.17, 15) is 0 Å². The van der Waals surface area contributed by atoms with Crippen molar-refractivity contribution in [3.05, 3.63) is 94.7 Å². The number of nitrogens with zero attached hydrogens (tertiary/aromatic N) is 2. The highest BCUT2D eigenvalue weighted by Crippen LogP contribution is 2.28. The predicted molar refractivity (Wildman–Crippen MR) is 131 cm³/mol. The number of aryl methyl sites for hydroxylation is 1. The highest BCUT2D eigenvalue weighted by molar-refractivity contribution is 6.01. The van der Waals surface area contributed by atoms with Crippen molar-refractivity contribution in [1.29, 1.82) is 0 Å². The number of methoxy groups -OCH3 is 2. The summed E-state index contributed by atoms with van der Waals surface area (Å²) in [5.41, 5.74) is 10.3. The zero-order chi connectivity index (χ0) is 22.5. The summed E-state index contributed by atoms with van der Waals surface area (Å²) in [7, 11) is 3.28. The molecule has 0 fully saturated rings. The Bertz CT molecular complexity index is 1240. The molecule has 0 atom stereocenters. The van der Waals surface area contributed by atoms with E-state index in [4.69, 9.17) is 9.47 Å². The van der Waals surface area contributed by atoms with E-state index in [0.717, 1.165) is 23.4 Å². The van der Waals surface area contributed by atoms with Crippen LogP contribution in [0.4, 0.5) is 0 Å². The summed E-state index contributed by atoms with van der Waals surface area (Å²) in [5, 5.41) is 5.72.